The van der Waals surface area contributed by atoms with Gasteiger partial charge < -0.3 is 5.32 Å². The fraction of sp³-hybridized carbons (Fsp3) is 0.368. The van der Waals surface area contributed by atoms with Crippen LogP contribution in [0.4, 0.5) is 5.69 Å². The number of rotatable bonds is 4. The van der Waals surface area contributed by atoms with Crippen molar-refractivity contribution in [2.75, 3.05) is 18.4 Å². The van der Waals surface area contributed by atoms with Gasteiger partial charge in [0.05, 0.1) is 0 Å². The number of piperidine rings is 1. The number of nitrogens with zero attached hydrogens (tertiary/aromatic N) is 1. The molecule has 2 nitrogen and oxygen atoms in total. The molecule has 2 aromatic rings. The predicted octanol–water partition coefficient (Wildman–Crippen LogP) is 4.83. The molecule has 116 valence electrons. The van der Waals surface area contributed by atoms with E-state index < -0.39 is 0 Å². The van der Waals surface area contributed by atoms with Crippen LogP contribution in [0.25, 0.3) is 0 Å². The first-order valence-electron chi connectivity index (χ1n) is 7.99. The normalized spacial score (nSPS) is 16.6. The number of halogens is 1. The Morgan fingerprint density at radius 2 is 1.86 bits per heavy atom. The molecule has 0 radical (unpaired) electrons. The number of benzene rings is 2. The Bertz CT molecular complexity index is 563. The van der Waals surface area contributed by atoms with Crippen LogP contribution in [0, 0.1) is 6.92 Å². The van der Waals surface area contributed by atoms with E-state index >= 15 is 0 Å². The molecule has 1 aliphatic rings. The second-order valence-electron chi connectivity index (χ2n) is 6.19. The summed E-state index contributed by atoms with van der Waals surface area (Å²) in [5.41, 5.74) is 3.99. The lowest BCUT2D eigenvalue weighted by Gasteiger charge is -2.33. The average Bonchev–Trinajstić information content (AvgIpc) is 2.49. The summed E-state index contributed by atoms with van der Waals surface area (Å²) in [7, 11) is 0. The summed E-state index contributed by atoms with van der Waals surface area (Å²) in [5.74, 6) is 0. The van der Waals surface area contributed by atoms with Gasteiger partial charge in [0, 0.05) is 35.8 Å². The van der Waals surface area contributed by atoms with E-state index in [9.17, 15) is 0 Å². The summed E-state index contributed by atoms with van der Waals surface area (Å²) in [6, 6.07) is 17.9. The van der Waals surface area contributed by atoms with Gasteiger partial charge in [0.25, 0.3) is 0 Å². The van der Waals surface area contributed by atoms with E-state index in [0.29, 0.717) is 6.04 Å². The summed E-state index contributed by atoms with van der Waals surface area (Å²) in [6.45, 7) is 5.57. The number of hydrogen-bond acceptors (Lipinski definition) is 2. The highest BCUT2D eigenvalue weighted by molar-refractivity contribution is 9.10. The zero-order chi connectivity index (χ0) is 15.4. The van der Waals surface area contributed by atoms with Crippen LogP contribution in [-0.2, 0) is 6.54 Å². The highest BCUT2D eigenvalue weighted by Gasteiger charge is 2.19. The molecule has 22 heavy (non-hydrogen) atoms. The molecule has 1 saturated heterocycles. The number of nitrogens with one attached hydrogen (secondary N) is 1. The predicted molar refractivity (Wildman–Crippen MR) is 97.2 cm³/mol. The molecule has 1 heterocycles. The Labute approximate surface area is 141 Å². The van der Waals surface area contributed by atoms with Crippen molar-refractivity contribution >= 4 is 21.6 Å². The van der Waals surface area contributed by atoms with Crippen molar-refractivity contribution in [1.82, 2.24) is 4.90 Å². The Morgan fingerprint density at radius 1 is 1.09 bits per heavy atom. The van der Waals surface area contributed by atoms with Gasteiger partial charge in [0.15, 0.2) is 0 Å². The van der Waals surface area contributed by atoms with Crippen molar-refractivity contribution < 1.29 is 0 Å². The molecule has 1 fully saturated rings. The van der Waals surface area contributed by atoms with Crippen molar-refractivity contribution in [3.63, 3.8) is 0 Å². The van der Waals surface area contributed by atoms with E-state index in [4.69, 9.17) is 0 Å². The maximum atomic E-state index is 3.66. The maximum Gasteiger partial charge on any atom is 0.0353 e. The van der Waals surface area contributed by atoms with E-state index in [1.54, 1.807) is 0 Å². The van der Waals surface area contributed by atoms with Gasteiger partial charge in [-0.2, -0.15) is 0 Å². The zero-order valence-electron chi connectivity index (χ0n) is 13.1. The van der Waals surface area contributed by atoms with Gasteiger partial charge in [-0.3, -0.25) is 4.90 Å². The van der Waals surface area contributed by atoms with Crippen molar-refractivity contribution in [2.45, 2.75) is 32.4 Å². The summed E-state index contributed by atoms with van der Waals surface area (Å²) < 4.78 is 1.13. The minimum atomic E-state index is 0.586. The van der Waals surface area contributed by atoms with Crippen LogP contribution >= 0.6 is 15.9 Å². The van der Waals surface area contributed by atoms with Crippen LogP contribution in [0.15, 0.2) is 53.0 Å². The summed E-state index contributed by atoms with van der Waals surface area (Å²) in [5, 5.41) is 3.66. The van der Waals surface area contributed by atoms with Crippen molar-refractivity contribution in [3.05, 3.63) is 64.1 Å². The molecule has 1 N–H and O–H groups in total. The Kier molecular flexibility index (Phi) is 5.16. The standard InChI is InChI=1S/C19H23BrN2/c1-15-4-2-5-16(12-15)14-22-10-8-18(9-11-22)21-19-7-3-6-17(20)13-19/h2-7,12-13,18,21H,8-11,14H2,1H3. The smallest absolute Gasteiger partial charge is 0.0353 e. The largest absolute Gasteiger partial charge is 0.382 e. The molecule has 2 aromatic carbocycles. The molecule has 0 unspecified atom stereocenters. The fourth-order valence-corrected chi connectivity index (χ4v) is 3.52. The molecule has 0 aliphatic carbocycles. The van der Waals surface area contributed by atoms with E-state index in [-0.39, 0.29) is 0 Å². The maximum absolute atomic E-state index is 3.66. The quantitative estimate of drug-likeness (QED) is 0.841. The van der Waals surface area contributed by atoms with Crippen molar-refractivity contribution in [2.24, 2.45) is 0 Å². The topological polar surface area (TPSA) is 15.3 Å². The van der Waals surface area contributed by atoms with Gasteiger partial charge in [0.2, 0.25) is 0 Å². The van der Waals surface area contributed by atoms with Crippen molar-refractivity contribution in [3.8, 4) is 0 Å². The molecule has 3 rings (SSSR count). The third-order valence-corrected chi connectivity index (χ3v) is 4.76. The molecule has 3 heteroatoms. The number of hydrogen-bond donors (Lipinski definition) is 1. The van der Waals surface area contributed by atoms with Crippen LogP contribution < -0.4 is 5.32 Å². The van der Waals surface area contributed by atoms with Gasteiger partial charge >= 0.3 is 0 Å². The Morgan fingerprint density at radius 3 is 2.59 bits per heavy atom. The number of aryl methyl sites for hydroxylation is 1. The molecule has 0 bridgehead atoms. The molecular weight excluding hydrogens is 336 g/mol. The summed E-state index contributed by atoms with van der Waals surface area (Å²) in [6.07, 6.45) is 2.41. The lowest BCUT2D eigenvalue weighted by Crippen LogP contribution is -2.38. The molecule has 0 atom stereocenters. The monoisotopic (exact) mass is 358 g/mol. The third kappa shape index (κ3) is 4.34. The Balaban J connectivity index is 1.50. The minimum absolute atomic E-state index is 0.586. The second kappa shape index (κ2) is 7.30. The minimum Gasteiger partial charge on any atom is -0.382 e. The second-order valence-corrected chi connectivity index (χ2v) is 7.11. The van der Waals surface area contributed by atoms with Gasteiger partial charge in [-0.05, 0) is 43.5 Å². The average molecular weight is 359 g/mol. The lowest BCUT2D eigenvalue weighted by molar-refractivity contribution is 0.211. The van der Waals surface area contributed by atoms with Gasteiger partial charge in [-0.25, -0.2) is 0 Å². The highest BCUT2D eigenvalue weighted by Crippen LogP contribution is 2.21. The van der Waals surface area contributed by atoms with E-state index in [0.717, 1.165) is 11.0 Å². The zero-order valence-corrected chi connectivity index (χ0v) is 14.6. The fourth-order valence-electron chi connectivity index (χ4n) is 3.12. The van der Waals surface area contributed by atoms with Crippen LogP contribution in [0.5, 0.6) is 0 Å². The van der Waals surface area contributed by atoms with E-state index in [1.165, 1.54) is 42.7 Å². The van der Waals surface area contributed by atoms with Crippen molar-refractivity contribution in [1.29, 1.82) is 0 Å². The summed E-state index contributed by atoms with van der Waals surface area (Å²) >= 11 is 3.53. The van der Waals surface area contributed by atoms with Gasteiger partial charge in [0.1, 0.15) is 0 Å². The SMILES string of the molecule is Cc1cccc(CN2CCC(Nc3cccc(Br)c3)CC2)c1. The number of likely N-dealkylation sites (tertiary alicyclic amines) is 1. The van der Waals surface area contributed by atoms with Crippen LogP contribution in [0.3, 0.4) is 0 Å². The van der Waals surface area contributed by atoms with E-state index in [1.807, 2.05) is 0 Å². The number of anilines is 1. The first-order valence-corrected chi connectivity index (χ1v) is 8.78. The van der Waals surface area contributed by atoms with Crippen LogP contribution in [0.1, 0.15) is 24.0 Å². The molecule has 0 aromatic heterocycles. The van der Waals surface area contributed by atoms with Gasteiger partial charge in [-0.15, -0.1) is 0 Å². The molecule has 0 spiro atoms. The molecular formula is C19H23BrN2. The van der Waals surface area contributed by atoms with Gasteiger partial charge in [-0.1, -0.05) is 51.8 Å². The summed E-state index contributed by atoms with van der Waals surface area (Å²) in [4.78, 5) is 2.56. The molecule has 0 amide bonds. The first-order chi connectivity index (χ1) is 10.7. The molecule has 1 aliphatic heterocycles. The highest BCUT2D eigenvalue weighted by atomic mass is 79.9. The third-order valence-electron chi connectivity index (χ3n) is 4.27. The Hall–Kier alpha value is -1.32. The van der Waals surface area contributed by atoms with Crippen LogP contribution in [-0.4, -0.2) is 24.0 Å². The molecule has 0 saturated carbocycles. The first kappa shape index (κ1) is 15.6. The van der Waals surface area contributed by atoms with E-state index in [2.05, 4.69) is 81.6 Å². The lowest BCUT2D eigenvalue weighted by atomic mass is 10.0. The van der Waals surface area contributed by atoms with Crippen LogP contribution in [0.2, 0.25) is 0 Å².